The van der Waals surface area contributed by atoms with E-state index >= 15 is 0 Å². The number of halogens is 1. The maximum absolute atomic E-state index is 13.7. The minimum atomic E-state index is -0.386. The summed E-state index contributed by atoms with van der Waals surface area (Å²) in [5.41, 5.74) is 1.73. The Kier molecular flexibility index (Phi) is 4.10. The van der Waals surface area contributed by atoms with E-state index in [2.05, 4.69) is 15.6 Å². The molecule has 2 aromatic carbocycles. The summed E-state index contributed by atoms with van der Waals surface area (Å²) >= 11 is 0. The minimum absolute atomic E-state index is 0.167. The first kappa shape index (κ1) is 15.9. The summed E-state index contributed by atoms with van der Waals surface area (Å²) in [4.78, 5) is 16.5. The molecule has 1 aliphatic rings. The van der Waals surface area contributed by atoms with Crippen LogP contribution in [0.15, 0.2) is 60.9 Å². The summed E-state index contributed by atoms with van der Waals surface area (Å²) in [5.74, 6) is 0.493. The molecule has 0 fully saturated rings. The number of aromatic nitrogens is 1. The molecule has 0 spiro atoms. The van der Waals surface area contributed by atoms with E-state index in [1.807, 2.05) is 0 Å². The third-order valence-corrected chi connectivity index (χ3v) is 3.78. The standard InChI is InChI=1S/C19H14FN3O3/c20-15-3-1-2-4-16(15)22-14-7-12(9-21-10-14)19(24)23-13-5-6-17-18(8-13)26-11-25-17/h1-10,22H,11H2,(H,23,24). The summed E-state index contributed by atoms with van der Waals surface area (Å²) in [6, 6.07) is 13.0. The van der Waals surface area contributed by atoms with Gasteiger partial charge in [0.1, 0.15) is 5.82 Å². The normalized spacial score (nSPS) is 11.9. The van der Waals surface area contributed by atoms with Gasteiger partial charge in [0.2, 0.25) is 6.79 Å². The van der Waals surface area contributed by atoms with E-state index in [-0.39, 0.29) is 18.5 Å². The second-order valence-electron chi connectivity index (χ2n) is 5.59. The second-order valence-corrected chi connectivity index (χ2v) is 5.59. The van der Waals surface area contributed by atoms with Gasteiger partial charge in [0.25, 0.3) is 5.91 Å². The first-order valence-corrected chi connectivity index (χ1v) is 7.87. The lowest BCUT2D eigenvalue weighted by Gasteiger charge is -2.09. The lowest BCUT2D eigenvalue weighted by Crippen LogP contribution is -2.12. The van der Waals surface area contributed by atoms with Crippen LogP contribution in [0, 0.1) is 5.82 Å². The van der Waals surface area contributed by atoms with Gasteiger partial charge >= 0.3 is 0 Å². The van der Waals surface area contributed by atoms with Gasteiger partial charge in [-0.2, -0.15) is 0 Å². The van der Waals surface area contributed by atoms with Crippen LogP contribution in [0.5, 0.6) is 11.5 Å². The number of anilines is 3. The van der Waals surface area contributed by atoms with E-state index in [4.69, 9.17) is 9.47 Å². The number of amides is 1. The van der Waals surface area contributed by atoms with Crippen LogP contribution in [-0.2, 0) is 0 Å². The average molecular weight is 351 g/mol. The van der Waals surface area contributed by atoms with Gasteiger partial charge in [-0.1, -0.05) is 12.1 Å². The highest BCUT2D eigenvalue weighted by molar-refractivity contribution is 6.04. The van der Waals surface area contributed by atoms with Gasteiger partial charge in [-0.15, -0.1) is 0 Å². The number of fused-ring (bicyclic) bond motifs is 1. The van der Waals surface area contributed by atoms with Crippen LogP contribution in [0.25, 0.3) is 0 Å². The number of hydrogen-bond donors (Lipinski definition) is 2. The van der Waals surface area contributed by atoms with Crippen molar-refractivity contribution in [3.05, 3.63) is 72.3 Å². The number of carbonyl (C=O) groups is 1. The highest BCUT2D eigenvalue weighted by Crippen LogP contribution is 2.34. The van der Waals surface area contributed by atoms with Crippen LogP contribution >= 0.6 is 0 Å². The van der Waals surface area contributed by atoms with Gasteiger partial charge in [0.15, 0.2) is 11.5 Å². The Labute approximate surface area is 148 Å². The monoisotopic (exact) mass is 351 g/mol. The largest absolute Gasteiger partial charge is 0.454 e. The molecule has 6 nitrogen and oxygen atoms in total. The summed E-state index contributed by atoms with van der Waals surface area (Å²) in [7, 11) is 0. The van der Waals surface area contributed by atoms with Gasteiger partial charge in [-0.3, -0.25) is 9.78 Å². The Morgan fingerprint density at radius 2 is 1.85 bits per heavy atom. The van der Waals surface area contributed by atoms with Crippen molar-refractivity contribution in [2.24, 2.45) is 0 Å². The van der Waals surface area contributed by atoms with E-state index < -0.39 is 0 Å². The molecular formula is C19H14FN3O3. The van der Waals surface area contributed by atoms with E-state index in [1.165, 1.54) is 18.5 Å². The fourth-order valence-corrected chi connectivity index (χ4v) is 2.53. The topological polar surface area (TPSA) is 72.5 Å². The number of hydrogen-bond acceptors (Lipinski definition) is 5. The lowest BCUT2D eigenvalue weighted by molar-refractivity contribution is 0.102. The van der Waals surface area contributed by atoms with Crippen LogP contribution in [0.1, 0.15) is 10.4 Å². The second kappa shape index (κ2) is 6.72. The maximum atomic E-state index is 13.7. The molecule has 130 valence electrons. The Balaban J connectivity index is 1.51. The summed E-state index contributed by atoms with van der Waals surface area (Å²) in [6.45, 7) is 0.167. The first-order chi connectivity index (χ1) is 12.7. The molecule has 26 heavy (non-hydrogen) atoms. The molecule has 3 aromatic rings. The zero-order valence-electron chi connectivity index (χ0n) is 13.5. The average Bonchev–Trinajstić information content (AvgIpc) is 3.12. The van der Waals surface area contributed by atoms with Gasteiger partial charge in [0.05, 0.1) is 23.1 Å². The molecule has 1 aromatic heterocycles. The number of pyridine rings is 1. The highest BCUT2D eigenvalue weighted by atomic mass is 19.1. The molecule has 0 radical (unpaired) electrons. The molecule has 0 atom stereocenters. The van der Waals surface area contributed by atoms with Crippen molar-refractivity contribution >= 4 is 23.0 Å². The van der Waals surface area contributed by atoms with E-state index in [1.54, 1.807) is 42.5 Å². The number of ether oxygens (including phenoxy) is 2. The van der Waals surface area contributed by atoms with Crippen molar-refractivity contribution in [3.8, 4) is 11.5 Å². The van der Waals surface area contributed by atoms with Crippen molar-refractivity contribution in [2.45, 2.75) is 0 Å². The molecule has 2 N–H and O–H groups in total. The molecule has 2 heterocycles. The number of carbonyl (C=O) groups excluding carboxylic acids is 1. The molecule has 1 amide bonds. The molecule has 0 bridgehead atoms. The smallest absolute Gasteiger partial charge is 0.257 e. The van der Waals surface area contributed by atoms with Crippen LogP contribution in [0.4, 0.5) is 21.5 Å². The zero-order valence-corrected chi connectivity index (χ0v) is 13.5. The van der Waals surface area contributed by atoms with Crippen LogP contribution < -0.4 is 20.1 Å². The van der Waals surface area contributed by atoms with Gasteiger partial charge in [-0.25, -0.2) is 4.39 Å². The fraction of sp³-hybridized carbons (Fsp3) is 0.0526. The van der Waals surface area contributed by atoms with Crippen LogP contribution in [0.2, 0.25) is 0 Å². The summed E-state index contributed by atoms with van der Waals surface area (Å²) in [5, 5.41) is 5.69. The predicted molar refractivity (Wildman–Crippen MR) is 94.4 cm³/mol. The fourth-order valence-electron chi connectivity index (χ4n) is 2.53. The van der Waals surface area contributed by atoms with Crippen molar-refractivity contribution in [2.75, 3.05) is 17.4 Å². The number of rotatable bonds is 4. The molecule has 1 aliphatic heterocycles. The molecule has 7 heteroatoms. The quantitative estimate of drug-likeness (QED) is 0.745. The Morgan fingerprint density at radius 3 is 2.73 bits per heavy atom. The Bertz CT molecular complexity index is 978. The van der Waals surface area contributed by atoms with Gasteiger partial charge in [-0.05, 0) is 30.3 Å². The van der Waals surface area contributed by atoms with Crippen LogP contribution in [0.3, 0.4) is 0 Å². The zero-order chi connectivity index (χ0) is 17.9. The Hall–Kier alpha value is -3.61. The Morgan fingerprint density at radius 1 is 1.00 bits per heavy atom. The number of nitrogens with one attached hydrogen (secondary N) is 2. The van der Waals surface area contributed by atoms with Crippen molar-refractivity contribution < 1.29 is 18.7 Å². The predicted octanol–water partition coefficient (Wildman–Crippen LogP) is 3.95. The van der Waals surface area contributed by atoms with E-state index in [0.717, 1.165) is 0 Å². The summed E-state index contributed by atoms with van der Waals surface area (Å²) in [6.07, 6.45) is 2.96. The molecule has 4 rings (SSSR count). The van der Waals surface area contributed by atoms with Gasteiger partial charge < -0.3 is 20.1 Å². The summed E-state index contributed by atoms with van der Waals surface area (Å²) < 4.78 is 24.3. The SMILES string of the molecule is O=C(Nc1ccc2c(c1)OCO2)c1cncc(Nc2ccccc2F)c1. The van der Waals surface area contributed by atoms with E-state index in [0.29, 0.717) is 34.1 Å². The van der Waals surface area contributed by atoms with Crippen molar-refractivity contribution in [1.82, 2.24) is 4.98 Å². The number of nitrogens with zero attached hydrogens (tertiary/aromatic N) is 1. The number of para-hydroxylation sites is 1. The van der Waals surface area contributed by atoms with Crippen molar-refractivity contribution in [3.63, 3.8) is 0 Å². The first-order valence-electron chi connectivity index (χ1n) is 7.87. The molecule has 0 unspecified atom stereocenters. The number of benzene rings is 2. The lowest BCUT2D eigenvalue weighted by atomic mass is 10.2. The van der Waals surface area contributed by atoms with Crippen LogP contribution in [-0.4, -0.2) is 17.7 Å². The molecule has 0 saturated heterocycles. The maximum Gasteiger partial charge on any atom is 0.257 e. The molecular weight excluding hydrogens is 337 g/mol. The third-order valence-electron chi connectivity index (χ3n) is 3.78. The van der Waals surface area contributed by atoms with E-state index in [9.17, 15) is 9.18 Å². The minimum Gasteiger partial charge on any atom is -0.454 e. The van der Waals surface area contributed by atoms with Gasteiger partial charge in [0, 0.05) is 18.0 Å². The highest BCUT2D eigenvalue weighted by Gasteiger charge is 2.15. The third kappa shape index (κ3) is 3.27. The van der Waals surface area contributed by atoms with Crippen molar-refractivity contribution in [1.29, 1.82) is 0 Å². The molecule has 0 saturated carbocycles. The molecule has 0 aliphatic carbocycles.